The summed E-state index contributed by atoms with van der Waals surface area (Å²) >= 11 is 0. The molecule has 0 bridgehead atoms. The van der Waals surface area contributed by atoms with E-state index in [-0.39, 0.29) is 6.42 Å². The van der Waals surface area contributed by atoms with Gasteiger partial charge in [0.2, 0.25) is 0 Å². The average molecular weight is 278 g/mol. The minimum Gasteiger partial charge on any atom is -0.481 e. The number of unbranched alkanes of at least 4 members (excludes halogenated alkanes) is 2. The minimum atomic E-state index is -0.690. The van der Waals surface area contributed by atoms with E-state index < -0.39 is 5.97 Å². The lowest BCUT2D eigenvalue weighted by molar-refractivity contribution is -0.705. The zero-order valence-corrected chi connectivity index (χ0v) is 13.1. The highest BCUT2D eigenvalue weighted by atomic mass is 16.4. The van der Waals surface area contributed by atoms with Crippen LogP contribution in [-0.2, 0) is 17.8 Å². The summed E-state index contributed by atoms with van der Waals surface area (Å²) < 4.78 is 2.32. The highest BCUT2D eigenvalue weighted by Gasteiger charge is 2.14. The summed E-state index contributed by atoms with van der Waals surface area (Å²) in [7, 11) is 0. The van der Waals surface area contributed by atoms with Gasteiger partial charge in [-0.2, -0.15) is 0 Å². The number of carboxylic acids is 1. The number of hydrogen-bond donors (Lipinski definition) is 1. The summed E-state index contributed by atoms with van der Waals surface area (Å²) in [6, 6.07) is 4.54. The van der Waals surface area contributed by atoms with Crippen LogP contribution in [-0.4, -0.2) is 11.1 Å². The molecule has 0 aliphatic rings. The summed E-state index contributed by atoms with van der Waals surface area (Å²) in [6.45, 7) is 7.65. The quantitative estimate of drug-likeness (QED) is 0.553. The van der Waals surface area contributed by atoms with Gasteiger partial charge in [0.1, 0.15) is 6.54 Å². The molecule has 0 aliphatic carbocycles. The molecule has 0 unspecified atom stereocenters. The Morgan fingerprint density at radius 3 is 2.65 bits per heavy atom. The van der Waals surface area contributed by atoms with Gasteiger partial charge in [-0.25, -0.2) is 4.57 Å². The van der Waals surface area contributed by atoms with E-state index >= 15 is 0 Å². The van der Waals surface area contributed by atoms with E-state index in [1.165, 1.54) is 17.7 Å². The van der Waals surface area contributed by atoms with Gasteiger partial charge < -0.3 is 5.11 Å². The summed E-state index contributed by atoms with van der Waals surface area (Å²) in [4.78, 5) is 10.5. The Bertz CT molecular complexity index is 427. The van der Waals surface area contributed by atoms with Gasteiger partial charge in [-0.1, -0.05) is 27.2 Å². The van der Waals surface area contributed by atoms with Crippen LogP contribution in [0.1, 0.15) is 70.1 Å². The van der Waals surface area contributed by atoms with Crippen LogP contribution < -0.4 is 4.57 Å². The fourth-order valence-electron chi connectivity index (χ4n) is 2.47. The summed E-state index contributed by atoms with van der Waals surface area (Å²) in [6.07, 6.45) is 7.60. The SMILES string of the molecule is CCCc1cc[n+](CCCCCC(=O)O)c(C(C)C)c1. The molecule has 0 atom stereocenters. The molecule has 0 aliphatic heterocycles. The molecule has 1 aromatic rings. The van der Waals surface area contributed by atoms with Crippen LogP contribution in [0.2, 0.25) is 0 Å². The van der Waals surface area contributed by atoms with Gasteiger partial charge in [-0.3, -0.25) is 4.79 Å². The molecule has 0 radical (unpaired) electrons. The third-order valence-electron chi connectivity index (χ3n) is 3.55. The van der Waals surface area contributed by atoms with Gasteiger partial charge >= 0.3 is 5.97 Å². The van der Waals surface area contributed by atoms with Crippen molar-refractivity contribution in [2.24, 2.45) is 0 Å². The molecule has 3 heteroatoms. The van der Waals surface area contributed by atoms with Crippen molar-refractivity contribution in [3.05, 3.63) is 29.6 Å². The molecule has 0 fully saturated rings. The predicted octanol–water partition coefficient (Wildman–Crippen LogP) is 3.70. The summed E-state index contributed by atoms with van der Waals surface area (Å²) in [5.41, 5.74) is 2.80. The number of aliphatic carboxylic acids is 1. The van der Waals surface area contributed by atoms with E-state index in [0.717, 1.165) is 32.2 Å². The Morgan fingerprint density at radius 2 is 2.05 bits per heavy atom. The van der Waals surface area contributed by atoms with Gasteiger partial charge in [-0.05, 0) is 24.8 Å². The maximum Gasteiger partial charge on any atom is 0.303 e. The molecule has 20 heavy (non-hydrogen) atoms. The van der Waals surface area contributed by atoms with E-state index in [0.29, 0.717) is 5.92 Å². The third kappa shape index (κ3) is 5.72. The van der Waals surface area contributed by atoms with Crippen molar-refractivity contribution in [1.82, 2.24) is 0 Å². The topological polar surface area (TPSA) is 41.2 Å². The molecule has 0 amide bonds. The third-order valence-corrected chi connectivity index (χ3v) is 3.55. The monoisotopic (exact) mass is 278 g/mol. The van der Waals surface area contributed by atoms with Gasteiger partial charge in [0.15, 0.2) is 11.9 Å². The number of carboxylic acid groups (broad SMARTS) is 1. The second kappa shape index (κ2) is 8.72. The first kappa shape index (κ1) is 16.7. The minimum absolute atomic E-state index is 0.289. The number of aryl methyl sites for hydroxylation is 2. The lowest BCUT2D eigenvalue weighted by Gasteiger charge is -2.09. The Kier molecular flexibility index (Phi) is 7.27. The normalized spacial score (nSPS) is 11.0. The van der Waals surface area contributed by atoms with Crippen LogP contribution in [0.3, 0.4) is 0 Å². The van der Waals surface area contributed by atoms with Crippen molar-refractivity contribution in [2.75, 3.05) is 0 Å². The van der Waals surface area contributed by atoms with Crippen LogP contribution in [0.4, 0.5) is 0 Å². The van der Waals surface area contributed by atoms with Crippen LogP contribution in [0.25, 0.3) is 0 Å². The first-order valence-electron chi connectivity index (χ1n) is 7.78. The molecule has 1 heterocycles. The zero-order valence-electron chi connectivity index (χ0n) is 13.1. The van der Waals surface area contributed by atoms with Crippen LogP contribution in [0.15, 0.2) is 18.3 Å². The highest BCUT2D eigenvalue weighted by Crippen LogP contribution is 2.13. The standard InChI is InChI=1S/C17H27NO2/c1-4-8-15-10-12-18(16(13-15)14(2)3)11-7-5-6-9-17(19)20/h10,12-14H,4-9,11H2,1-3H3/p+1. The molecule has 1 rings (SSSR count). The van der Waals surface area contributed by atoms with Gasteiger partial charge in [-0.15, -0.1) is 0 Å². The Morgan fingerprint density at radius 1 is 1.30 bits per heavy atom. The van der Waals surface area contributed by atoms with Gasteiger partial charge in [0, 0.05) is 30.9 Å². The van der Waals surface area contributed by atoms with Gasteiger partial charge in [0.25, 0.3) is 0 Å². The number of rotatable bonds is 9. The zero-order chi connectivity index (χ0) is 15.0. The van der Waals surface area contributed by atoms with Crippen molar-refractivity contribution < 1.29 is 14.5 Å². The van der Waals surface area contributed by atoms with Crippen LogP contribution >= 0.6 is 0 Å². The Labute approximate surface area is 122 Å². The maximum atomic E-state index is 10.5. The number of hydrogen-bond acceptors (Lipinski definition) is 1. The predicted molar refractivity (Wildman–Crippen MR) is 80.8 cm³/mol. The maximum absolute atomic E-state index is 10.5. The molecule has 0 saturated heterocycles. The highest BCUT2D eigenvalue weighted by molar-refractivity contribution is 5.66. The Hall–Kier alpha value is -1.38. The smallest absolute Gasteiger partial charge is 0.303 e. The first-order chi connectivity index (χ1) is 9.54. The van der Waals surface area contributed by atoms with E-state index in [1.54, 1.807) is 0 Å². The second-order valence-electron chi connectivity index (χ2n) is 5.76. The van der Waals surface area contributed by atoms with E-state index in [2.05, 4.69) is 43.7 Å². The van der Waals surface area contributed by atoms with Crippen LogP contribution in [0, 0.1) is 0 Å². The number of nitrogens with zero attached hydrogens (tertiary/aromatic N) is 1. The molecule has 112 valence electrons. The number of carbonyl (C=O) groups is 1. The lowest BCUT2D eigenvalue weighted by atomic mass is 10.0. The largest absolute Gasteiger partial charge is 0.481 e. The van der Waals surface area contributed by atoms with E-state index in [9.17, 15) is 4.79 Å². The van der Waals surface area contributed by atoms with Crippen molar-refractivity contribution in [3.8, 4) is 0 Å². The molecule has 1 N–H and O–H groups in total. The number of pyridine rings is 1. The average Bonchev–Trinajstić information content (AvgIpc) is 2.39. The first-order valence-corrected chi connectivity index (χ1v) is 7.78. The molecule has 0 spiro atoms. The fourth-order valence-corrected chi connectivity index (χ4v) is 2.47. The van der Waals surface area contributed by atoms with Crippen molar-refractivity contribution in [3.63, 3.8) is 0 Å². The molecule has 0 saturated carbocycles. The van der Waals surface area contributed by atoms with Crippen molar-refractivity contribution in [2.45, 2.75) is 71.8 Å². The number of aromatic nitrogens is 1. The molecule has 3 nitrogen and oxygen atoms in total. The lowest BCUT2D eigenvalue weighted by Crippen LogP contribution is -2.39. The molecular weight excluding hydrogens is 250 g/mol. The van der Waals surface area contributed by atoms with Crippen LogP contribution in [0.5, 0.6) is 0 Å². The van der Waals surface area contributed by atoms with Crippen molar-refractivity contribution in [1.29, 1.82) is 0 Å². The van der Waals surface area contributed by atoms with E-state index in [4.69, 9.17) is 5.11 Å². The fraction of sp³-hybridized carbons (Fsp3) is 0.647. The second-order valence-corrected chi connectivity index (χ2v) is 5.76. The van der Waals surface area contributed by atoms with Gasteiger partial charge in [0.05, 0.1) is 0 Å². The summed E-state index contributed by atoms with van der Waals surface area (Å²) in [5.74, 6) is -0.171. The Balaban J connectivity index is 2.57. The molecule has 0 aromatic carbocycles. The van der Waals surface area contributed by atoms with E-state index in [1.807, 2.05) is 0 Å². The molecule has 1 aromatic heterocycles. The molecular formula is C17H28NO2+. The summed E-state index contributed by atoms with van der Waals surface area (Å²) in [5, 5.41) is 8.62. The van der Waals surface area contributed by atoms with Crippen molar-refractivity contribution >= 4 is 5.97 Å².